The lowest BCUT2D eigenvalue weighted by molar-refractivity contribution is -0.136. The number of imidazole rings is 1. The third kappa shape index (κ3) is 2.48. The van der Waals surface area contributed by atoms with Crippen LogP contribution in [0.3, 0.4) is 0 Å². The number of pyridine rings is 1. The highest BCUT2D eigenvalue weighted by Gasteiger charge is 2.46. The number of fused-ring (bicyclic) bond motifs is 2. The minimum absolute atomic E-state index is 0.201. The molecule has 1 aliphatic heterocycles. The van der Waals surface area contributed by atoms with Gasteiger partial charge in [-0.05, 0) is 32.0 Å². The highest BCUT2D eigenvalue weighted by Crippen LogP contribution is 2.45. The number of alkyl halides is 3. The summed E-state index contributed by atoms with van der Waals surface area (Å²) in [5.74, 6) is -0.354. The highest BCUT2D eigenvalue weighted by atomic mass is 19.4. The van der Waals surface area contributed by atoms with Gasteiger partial charge in [0, 0.05) is 22.7 Å². The first kappa shape index (κ1) is 18.7. The van der Waals surface area contributed by atoms with Gasteiger partial charge in [-0.2, -0.15) is 13.2 Å². The van der Waals surface area contributed by atoms with Gasteiger partial charge in [0.15, 0.2) is 0 Å². The Hall–Kier alpha value is -2.70. The van der Waals surface area contributed by atoms with Gasteiger partial charge in [0.25, 0.3) is 0 Å². The molecule has 0 atom stereocenters. The van der Waals surface area contributed by atoms with Crippen LogP contribution in [0.1, 0.15) is 50.1 Å². The molecule has 0 N–H and O–H groups in total. The van der Waals surface area contributed by atoms with Crippen molar-refractivity contribution in [1.82, 2.24) is 9.38 Å². The molecule has 3 nitrogen and oxygen atoms in total. The quantitative estimate of drug-likeness (QED) is 0.513. The molecule has 1 aliphatic rings. The first-order valence-electron chi connectivity index (χ1n) is 8.88. The predicted molar refractivity (Wildman–Crippen MR) is 99.3 cm³/mol. The number of aromatic nitrogens is 2. The summed E-state index contributed by atoms with van der Waals surface area (Å²) in [5.41, 5.74) is -0.388. The van der Waals surface area contributed by atoms with Gasteiger partial charge in [-0.1, -0.05) is 26.0 Å². The lowest BCUT2D eigenvalue weighted by Gasteiger charge is -2.44. The van der Waals surface area contributed by atoms with E-state index in [1.165, 1.54) is 28.9 Å². The van der Waals surface area contributed by atoms with E-state index in [2.05, 4.69) is 4.98 Å². The van der Waals surface area contributed by atoms with Crippen molar-refractivity contribution in [1.29, 1.82) is 0 Å². The summed E-state index contributed by atoms with van der Waals surface area (Å²) < 4.78 is 56.3. The van der Waals surface area contributed by atoms with E-state index in [9.17, 15) is 17.6 Å². The number of rotatable bonds is 1. The highest BCUT2D eigenvalue weighted by molar-refractivity contribution is 6.14. The van der Waals surface area contributed by atoms with Crippen LogP contribution in [0.2, 0.25) is 0 Å². The molecule has 28 heavy (non-hydrogen) atoms. The molecule has 0 amide bonds. The fourth-order valence-electron chi connectivity index (χ4n) is 3.74. The molecule has 0 unspecified atom stereocenters. The summed E-state index contributed by atoms with van der Waals surface area (Å²) in [4.78, 5) is 8.85. The summed E-state index contributed by atoms with van der Waals surface area (Å²) in [6, 6.07) is 7.06. The van der Waals surface area contributed by atoms with Crippen molar-refractivity contribution in [3.63, 3.8) is 0 Å². The minimum atomic E-state index is -4.52. The SMILES string of the molecule is CC1(C)N=C(c2cnc3c(C(F)(F)F)cccn23)c2cccc(F)c2C1(C)C. The monoisotopic (exact) mass is 389 g/mol. The van der Waals surface area contributed by atoms with Crippen molar-refractivity contribution in [2.75, 3.05) is 0 Å². The molecule has 7 heteroatoms. The van der Waals surface area contributed by atoms with Gasteiger partial charge in [0.1, 0.15) is 11.5 Å². The summed E-state index contributed by atoms with van der Waals surface area (Å²) in [6.07, 6.45) is -1.64. The van der Waals surface area contributed by atoms with Crippen molar-refractivity contribution < 1.29 is 17.6 Å². The molecule has 146 valence electrons. The third-order valence-corrected chi connectivity index (χ3v) is 5.90. The van der Waals surface area contributed by atoms with Crippen molar-refractivity contribution in [2.24, 2.45) is 4.99 Å². The maximum atomic E-state index is 14.8. The van der Waals surface area contributed by atoms with Crippen LogP contribution in [0, 0.1) is 5.82 Å². The predicted octanol–water partition coefficient (Wildman–Crippen LogP) is 5.40. The van der Waals surface area contributed by atoms with Gasteiger partial charge in [0.2, 0.25) is 0 Å². The Balaban J connectivity index is 2.04. The molecule has 2 aromatic heterocycles. The van der Waals surface area contributed by atoms with E-state index in [1.807, 2.05) is 27.7 Å². The Kier molecular flexibility index (Phi) is 3.77. The van der Waals surface area contributed by atoms with Crippen LogP contribution in [0.4, 0.5) is 17.6 Å². The largest absolute Gasteiger partial charge is 0.419 e. The molecule has 3 heterocycles. The maximum absolute atomic E-state index is 14.8. The number of nitrogens with zero attached hydrogens (tertiary/aromatic N) is 3. The van der Waals surface area contributed by atoms with E-state index < -0.39 is 22.7 Å². The molecule has 0 spiro atoms. The van der Waals surface area contributed by atoms with E-state index in [0.29, 0.717) is 22.5 Å². The smallest absolute Gasteiger partial charge is 0.298 e. The van der Waals surface area contributed by atoms with E-state index in [0.717, 1.165) is 6.07 Å². The first-order chi connectivity index (χ1) is 12.9. The van der Waals surface area contributed by atoms with E-state index in [4.69, 9.17) is 4.99 Å². The summed E-state index contributed by atoms with van der Waals surface area (Å²) >= 11 is 0. The first-order valence-corrected chi connectivity index (χ1v) is 8.88. The van der Waals surface area contributed by atoms with Crippen LogP contribution in [0.15, 0.2) is 47.7 Å². The number of halogens is 4. The second-order valence-electron chi connectivity index (χ2n) is 8.06. The Morgan fingerprint density at radius 3 is 2.39 bits per heavy atom. The van der Waals surface area contributed by atoms with E-state index in [-0.39, 0.29) is 11.5 Å². The van der Waals surface area contributed by atoms with Gasteiger partial charge < -0.3 is 0 Å². The summed E-state index contributed by atoms with van der Waals surface area (Å²) in [6.45, 7) is 7.64. The lowest BCUT2D eigenvalue weighted by atomic mass is 9.65. The second kappa shape index (κ2) is 5.65. The molecule has 3 aromatic rings. The molecule has 1 aromatic carbocycles. The average molecular weight is 389 g/mol. The second-order valence-corrected chi connectivity index (χ2v) is 8.06. The molecular weight excluding hydrogens is 370 g/mol. The zero-order valence-electron chi connectivity index (χ0n) is 15.9. The van der Waals surface area contributed by atoms with Gasteiger partial charge >= 0.3 is 6.18 Å². The maximum Gasteiger partial charge on any atom is 0.419 e. The molecule has 0 aliphatic carbocycles. The molecule has 0 fully saturated rings. The average Bonchev–Trinajstić information content (AvgIpc) is 3.01. The van der Waals surface area contributed by atoms with Crippen molar-refractivity contribution >= 4 is 11.4 Å². The van der Waals surface area contributed by atoms with E-state index in [1.54, 1.807) is 12.1 Å². The Morgan fingerprint density at radius 2 is 1.71 bits per heavy atom. The lowest BCUT2D eigenvalue weighted by Crippen LogP contribution is -2.47. The van der Waals surface area contributed by atoms with E-state index >= 15 is 0 Å². The Morgan fingerprint density at radius 1 is 1.00 bits per heavy atom. The number of hydrogen-bond donors (Lipinski definition) is 0. The zero-order valence-corrected chi connectivity index (χ0v) is 15.9. The van der Waals surface area contributed by atoms with Gasteiger partial charge in [-0.15, -0.1) is 0 Å². The van der Waals surface area contributed by atoms with Gasteiger partial charge in [0.05, 0.1) is 28.7 Å². The van der Waals surface area contributed by atoms with Crippen LogP contribution >= 0.6 is 0 Å². The van der Waals surface area contributed by atoms with Gasteiger partial charge in [-0.25, -0.2) is 9.37 Å². The molecule has 0 saturated heterocycles. The normalized spacial score (nSPS) is 18.1. The molecule has 4 rings (SSSR count). The number of hydrogen-bond acceptors (Lipinski definition) is 2. The third-order valence-electron chi connectivity index (χ3n) is 5.90. The number of aliphatic imine (C=N–C) groups is 1. The van der Waals surface area contributed by atoms with Crippen LogP contribution in [0.5, 0.6) is 0 Å². The molecular formula is C21H19F4N3. The van der Waals surface area contributed by atoms with Crippen LogP contribution < -0.4 is 0 Å². The standard InChI is InChI=1S/C21H19F4N3/c1-19(2)16-12(7-5-9-14(16)22)17(27-20(19,3)4)15-11-26-18-13(21(23,24)25)8-6-10-28(15)18/h5-11H,1-4H3. The van der Waals surface area contributed by atoms with Crippen molar-refractivity contribution in [3.8, 4) is 0 Å². The fourth-order valence-corrected chi connectivity index (χ4v) is 3.74. The molecule has 0 radical (unpaired) electrons. The van der Waals surface area contributed by atoms with Crippen LogP contribution in [-0.4, -0.2) is 20.6 Å². The topological polar surface area (TPSA) is 29.7 Å². The fraction of sp³-hybridized carbons (Fsp3) is 0.333. The zero-order chi connectivity index (χ0) is 20.5. The summed E-state index contributed by atoms with van der Waals surface area (Å²) in [5, 5.41) is 0. The minimum Gasteiger partial charge on any atom is -0.298 e. The van der Waals surface area contributed by atoms with Crippen LogP contribution in [-0.2, 0) is 11.6 Å². The van der Waals surface area contributed by atoms with Gasteiger partial charge in [-0.3, -0.25) is 9.39 Å². The van der Waals surface area contributed by atoms with Crippen molar-refractivity contribution in [3.05, 3.63) is 70.9 Å². The van der Waals surface area contributed by atoms with Crippen molar-refractivity contribution in [2.45, 2.75) is 44.8 Å². The summed E-state index contributed by atoms with van der Waals surface area (Å²) in [7, 11) is 0. The Bertz CT molecular complexity index is 1120. The number of benzene rings is 1. The molecule has 0 saturated carbocycles. The molecule has 0 bridgehead atoms. The van der Waals surface area contributed by atoms with Crippen LogP contribution in [0.25, 0.3) is 5.65 Å². The Labute approximate surface area is 159 Å².